The van der Waals surface area contributed by atoms with E-state index in [0.29, 0.717) is 23.0 Å². The van der Waals surface area contributed by atoms with Crippen LogP contribution in [0.25, 0.3) is 22.2 Å². The molecule has 4 unspecified atom stereocenters. The molecule has 2 N–H and O–H groups in total. The number of carbonyl (C=O) groups excluding carboxylic acids is 1. The second-order valence-corrected chi connectivity index (χ2v) is 12.9. The summed E-state index contributed by atoms with van der Waals surface area (Å²) in [5, 5.41) is 13.3. The summed E-state index contributed by atoms with van der Waals surface area (Å²) in [5.41, 5.74) is 7.48. The molecular formula is C39H35N5O4S. The molecule has 3 heterocycles. The number of hydrogen-bond acceptors (Lipinski definition) is 9. The zero-order valence-electron chi connectivity index (χ0n) is 26.8. The Morgan fingerprint density at radius 2 is 1.53 bits per heavy atom. The maximum Gasteiger partial charge on any atom is 0.271 e. The number of ether oxygens (including phenoxy) is 2. The molecule has 0 saturated carbocycles. The number of aliphatic hydroxyl groups is 1. The fraction of sp³-hybridized carbons (Fsp3) is 0.205. The van der Waals surface area contributed by atoms with Crippen molar-refractivity contribution in [1.82, 2.24) is 25.3 Å². The zero-order valence-corrected chi connectivity index (χ0v) is 27.7. The third kappa shape index (κ3) is 7.53. The zero-order chi connectivity index (χ0) is 33.6. The molecule has 6 aromatic rings. The molecular weight excluding hydrogens is 635 g/mol. The summed E-state index contributed by atoms with van der Waals surface area (Å²) in [6.45, 7) is 2.47. The molecule has 246 valence electrons. The SMILES string of the molecule is CC1C(CSc2ncccn2)OC(c2ccc(-c3ccccc3CNC(=O)c3cnc4ccccc4n3)cc2)OC1c1ccc(CO)cc1. The molecule has 0 spiro atoms. The van der Waals surface area contributed by atoms with Gasteiger partial charge < -0.3 is 19.9 Å². The number of aliphatic hydroxyl groups excluding tert-OH is 1. The number of nitrogens with one attached hydrogen (secondary N) is 1. The summed E-state index contributed by atoms with van der Waals surface area (Å²) in [6.07, 6.45) is 4.05. The Morgan fingerprint density at radius 1 is 0.816 bits per heavy atom. The van der Waals surface area contributed by atoms with Gasteiger partial charge in [0.05, 0.1) is 36.0 Å². The van der Waals surface area contributed by atoms with E-state index in [2.05, 4.69) is 44.3 Å². The molecule has 1 fully saturated rings. The van der Waals surface area contributed by atoms with E-state index in [1.165, 1.54) is 6.20 Å². The van der Waals surface area contributed by atoms with Gasteiger partial charge in [-0.1, -0.05) is 104 Å². The molecule has 1 saturated heterocycles. The van der Waals surface area contributed by atoms with Gasteiger partial charge in [0.1, 0.15) is 5.69 Å². The number of hydrogen-bond donors (Lipinski definition) is 2. The van der Waals surface area contributed by atoms with Gasteiger partial charge in [0.15, 0.2) is 11.4 Å². The molecule has 0 aliphatic carbocycles. The molecule has 1 aliphatic rings. The Kier molecular flexibility index (Phi) is 9.99. The molecule has 4 aromatic carbocycles. The van der Waals surface area contributed by atoms with Crippen molar-refractivity contribution in [2.24, 2.45) is 5.92 Å². The minimum absolute atomic E-state index is 0.00950. The average molecular weight is 670 g/mol. The van der Waals surface area contributed by atoms with Crippen molar-refractivity contribution in [2.45, 2.75) is 43.7 Å². The van der Waals surface area contributed by atoms with Crippen LogP contribution in [0, 0.1) is 5.92 Å². The summed E-state index contributed by atoms with van der Waals surface area (Å²) in [6, 6.07) is 33.4. The highest BCUT2D eigenvalue weighted by Gasteiger charge is 2.38. The Morgan fingerprint density at radius 3 is 2.31 bits per heavy atom. The van der Waals surface area contributed by atoms with Crippen LogP contribution in [0.1, 0.15) is 52.1 Å². The minimum Gasteiger partial charge on any atom is -0.392 e. The third-order valence-corrected chi connectivity index (χ3v) is 9.64. The lowest BCUT2D eigenvalue weighted by atomic mass is 9.91. The molecule has 10 heteroatoms. The van der Waals surface area contributed by atoms with E-state index in [9.17, 15) is 9.90 Å². The van der Waals surface area contributed by atoms with Gasteiger partial charge in [0.2, 0.25) is 0 Å². The fourth-order valence-corrected chi connectivity index (χ4v) is 6.90. The number of para-hydroxylation sites is 2. The van der Waals surface area contributed by atoms with Gasteiger partial charge in [-0.2, -0.15) is 0 Å². The third-order valence-electron chi connectivity index (χ3n) is 8.67. The smallest absolute Gasteiger partial charge is 0.271 e. The highest BCUT2D eigenvalue weighted by atomic mass is 32.2. The highest BCUT2D eigenvalue weighted by Crippen LogP contribution is 2.43. The first-order valence-electron chi connectivity index (χ1n) is 16.1. The summed E-state index contributed by atoms with van der Waals surface area (Å²) in [4.78, 5) is 30.6. The second kappa shape index (κ2) is 15.0. The molecule has 1 amide bonds. The number of aromatic nitrogens is 4. The van der Waals surface area contributed by atoms with E-state index in [0.717, 1.165) is 38.9 Å². The number of fused-ring (bicyclic) bond motifs is 1. The van der Waals surface area contributed by atoms with Crippen LogP contribution in [-0.4, -0.2) is 42.8 Å². The largest absolute Gasteiger partial charge is 0.392 e. The van der Waals surface area contributed by atoms with Gasteiger partial charge in [0, 0.05) is 36.2 Å². The highest BCUT2D eigenvalue weighted by molar-refractivity contribution is 7.99. The summed E-state index contributed by atoms with van der Waals surface area (Å²) < 4.78 is 13.3. The van der Waals surface area contributed by atoms with E-state index in [-0.39, 0.29) is 36.3 Å². The average Bonchev–Trinajstić information content (AvgIpc) is 3.17. The van der Waals surface area contributed by atoms with Crippen molar-refractivity contribution < 1.29 is 19.4 Å². The van der Waals surface area contributed by atoms with Crippen molar-refractivity contribution in [3.8, 4) is 11.1 Å². The van der Waals surface area contributed by atoms with Crippen molar-refractivity contribution in [1.29, 1.82) is 0 Å². The van der Waals surface area contributed by atoms with Crippen LogP contribution in [0.4, 0.5) is 0 Å². The summed E-state index contributed by atoms with van der Waals surface area (Å²) in [5.74, 6) is 0.434. The molecule has 49 heavy (non-hydrogen) atoms. The monoisotopic (exact) mass is 669 g/mol. The quantitative estimate of drug-likeness (QED) is 0.116. The lowest BCUT2D eigenvalue weighted by Gasteiger charge is -2.41. The molecule has 0 radical (unpaired) electrons. The van der Waals surface area contributed by atoms with E-state index in [1.54, 1.807) is 30.2 Å². The number of benzene rings is 4. The van der Waals surface area contributed by atoms with E-state index in [1.807, 2.05) is 84.9 Å². The molecule has 2 aromatic heterocycles. The van der Waals surface area contributed by atoms with Gasteiger partial charge in [-0.05, 0) is 46.0 Å². The van der Waals surface area contributed by atoms with Gasteiger partial charge in [-0.25, -0.2) is 15.0 Å². The molecule has 9 nitrogen and oxygen atoms in total. The maximum absolute atomic E-state index is 13.0. The van der Waals surface area contributed by atoms with E-state index < -0.39 is 6.29 Å². The maximum atomic E-state index is 13.0. The van der Waals surface area contributed by atoms with Crippen molar-refractivity contribution in [2.75, 3.05) is 5.75 Å². The normalized spacial score (nSPS) is 19.1. The van der Waals surface area contributed by atoms with E-state index in [4.69, 9.17) is 9.47 Å². The lowest BCUT2D eigenvalue weighted by Crippen LogP contribution is -2.38. The van der Waals surface area contributed by atoms with Crippen LogP contribution in [-0.2, 0) is 22.6 Å². The molecule has 7 rings (SSSR count). The number of amides is 1. The van der Waals surface area contributed by atoms with Crippen molar-refractivity contribution in [3.63, 3.8) is 0 Å². The summed E-state index contributed by atoms with van der Waals surface area (Å²) in [7, 11) is 0. The Labute approximate surface area is 288 Å². The molecule has 1 aliphatic heterocycles. The topological polar surface area (TPSA) is 119 Å². The van der Waals surface area contributed by atoms with Crippen molar-refractivity contribution >= 4 is 28.7 Å². The second-order valence-electron chi connectivity index (χ2n) is 11.9. The number of thioether (sulfide) groups is 1. The predicted molar refractivity (Wildman–Crippen MR) is 188 cm³/mol. The van der Waals surface area contributed by atoms with Crippen molar-refractivity contribution in [3.05, 3.63) is 150 Å². The number of nitrogens with zero attached hydrogens (tertiary/aromatic N) is 4. The standard InChI is InChI=1S/C39H35N5O4S/c1-25-35(24-49-39-40-19-6-20-41-39)47-38(48-36(25)28-13-11-26(23-45)12-14-28)29-17-15-27(16-18-29)31-8-3-2-7-30(31)21-43-37(46)34-22-42-32-9-4-5-10-33(32)44-34/h2-20,22,25,35-36,38,45H,21,23-24H2,1H3,(H,43,46). The fourth-order valence-electron chi connectivity index (χ4n) is 5.94. The first-order valence-corrected chi connectivity index (χ1v) is 17.1. The Balaban J connectivity index is 1.08. The lowest BCUT2D eigenvalue weighted by molar-refractivity contribution is -0.268. The predicted octanol–water partition coefficient (Wildman–Crippen LogP) is 7.09. The van der Waals surface area contributed by atoms with E-state index >= 15 is 0 Å². The van der Waals surface area contributed by atoms with Crippen LogP contribution in [0.2, 0.25) is 0 Å². The Bertz CT molecular complexity index is 2030. The van der Waals surface area contributed by atoms with Gasteiger partial charge in [0.25, 0.3) is 5.91 Å². The summed E-state index contributed by atoms with van der Waals surface area (Å²) >= 11 is 1.56. The Hall–Kier alpha value is -5.00. The van der Waals surface area contributed by atoms with Crippen LogP contribution < -0.4 is 5.32 Å². The molecule has 0 bridgehead atoms. The minimum atomic E-state index is -0.590. The first-order chi connectivity index (χ1) is 24.1. The number of rotatable bonds is 10. The van der Waals surface area contributed by atoms with Crippen LogP contribution in [0.15, 0.2) is 127 Å². The first kappa shape index (κ1) is 32.5. The van der Waals surface area contributed by atoms with Gasteiger partial charge in [-0.3, -0.25) is 9.78 Å². The van der Waals surface area contributed by atoms with Crippen LogP contribution in [0.3, 0.4) is 0 Å². The van der Waals surface area contributed by atoms with Gasteiger partial charge in [-0.15, -0.1) is 0 Å². The molecule has 4 atom stereocenters. The van der Waals surface area contributed by atoms with Crippen LogP contribution in [0.5, 0.6) is 0 Å². The van der Waals surface area contributed by atoms with Gasteiger partial charge >= 0.3 is 0 Å². The van der Waals surface area contributed by atoms with Crippen LogP contribution >= 0.6 is 11.8 Å². The number of carbonyl (C=O) groups is 1.